The van der Waals surface area contributed by atoms with Crippen LogP contribution in [-0.2, 0) is 21.6 Å². The van der Waals surface area contributed by atoms with Crippen LogP contribution < -0.4 is 15.4 Å². The van der Waals surface area contributed by atoms with Crippen molar-refractivity contribution in [1.82, 2.24) is 15.5 Å². The molecule has 2 N–H and O–H groups in total. The second kappa shape index (κ2) is 7.98. The summed E-state index contributed by atoms with van der Waals surface area (Å²) in [5.41, 5.74) is 0.408. The van der Waals surface area contributed by atoms with Crippen molar-refractivity contribution < 1.29 is 27.9 Å². The van der Waals surface area contributed by atoms with Crippen molar-refractivity contribution in [3.8, 4) is 5.75 Å². The minimum atomic E-state index is -0.761. The third-order valence-electron chi connectivity index (χ3n) is 5.72. The number of carbonyl (C=O) groups excluding carboxylic acids is 3. The summed E-state index contributed by atoms with van der Waals surface area (Å²) < 4.78 is 32.2. The molecular formula is C22H21F2N3O4. The van der Waals surface area contributed by atoms with Crippen molar-refractivity contribution in [2.24, 2.45) is 0 Å². The summed E-state index contributed by atoms with van der Waals surface area (Å²) in [6.07, 6.45) is 0.566. The molecule has 31 heavy (non-hydrogen) atoms. The number of rotatable bonds is 6. The van der Waals surface area contributed by atoms with E-state index in [1.807, 2.05) is 6.92 Å². The highest BCUT2D eigenvalue weighted by molar-refractivity contribution is 6.04. The molecule has 2 aromatic rings. The average molecular weight is 429 g/mol. The molecule has 7 nitrogen and oxygen atoms in total. The minimum absolute atomic E-state index is 0.00712. The van der Waals surface area contributed by atoms with Crippen molar-refractivity contribution in [3.05, 3.63) is 65.2 Å². The number of likely N-dealkylation sites (tertiary alicyclic amines) is 1. The van der Waals surface area contributed by atoms with E-state index in [-0.39, 0.29) is 19.1 Å². The number of halogens is 2. The van der Waals surface area contributed by atoms with Crippen molar-refractivity contribution in [1.29, 1.82) is 0 Å². The quantitative estimate of drug-likeness (QED) is 0.690. The zero-order chi connectivity index (χ0) is 22.2. The summed E-state index contributed by atoms with van der Waals surface area (Å²) in [6, 6.07) is 8.89. The van der Waals surface area contributed by atoms with Crippen LogP contribution in [0.25, 0.3) is 0 Å². The van der Waals surface area contributed by atoms with Gasteiger partial charge in [0.2, 0.25) is 5.91 Å². The smallest absolute Gasteiger partial charge is 0.322 e. The zero-order valence-corrected chi connectivity index (χ0v) is 16.8. The number of nitrogens with zero attached hydrogens (tertiary/aromatic N) is 1. The Labute approximate surface area is 177 Å². The molecule has 0 aromatic heterocycles. The van der Waals surface area contributed by atoms with Gasteiger partial charge < -0.3 is 15.0 Å². The summed E-state index contributed by atoms with van der Waals surface area (Å²) in [6.45, 7) is 2.44. The highest BCUT2D eigenvalue weighted by atomic mass is 19.1. The van der Waals surface area contributed by atoms with E-state index < -0.39 is 35.0 Å². The third kappa shape index (κ3) is 4.21. The van der Waals surface area contributed by atoms with Crippen LogP contribution in [0.3, 0.4) is 0 Å². The van der Waals surface area contributed by atoms with E-state index in [0.29, 0.717) is 24.3 Å². The number of benzene rings is 2. The highest BCUT2D eigenvalue weighted by Gasteiger charge is 2.45. The molecule has 2 aromatic carbocycles. The Morgan fingerprint density at radius 2 is 1.77 bits per heavy atom. The predicted molar refractivity (Wildman–Crippen MR) is 106 cm³/mol. The number of imide groups is 1. The van der Waals surface area contributed by atoms with Gasteiger partial charge in [0, 0.05) is 19.2 Å². The van der Waals surface area contributed by atoms with Crippen molar-refractivity contribution in [3.63, 3.8) is 0 Å². The molecule has 2 aliphatic rings. The third-order valence-corrected chi connectivity index (χ3v) is 5.72. The van der Waals surface area contributed by atoms with Gasteiger partial charge in [-0.2, -0.15) is 0 Å². The number of urea groups is 1. The van der Waals surface area contributed by atoms with Crippen LogP contribution in [-0.4, -0.2) is 41.9 Å². The van der Waals surface area contributed by atoms with Gasteiger partial charge in [0.15, 0.2) is 0 Å². The minimum Gasteiger partial charge on any atom is -0.489 e. The normalized spacial score (nSPS) is 23.1. The molecule has 4 amide bonds. The Bertz CT molecular complexity index is 1020. The van der Waals surface area contributed by atoms with Crippen LogP contribution >= 0.6 is 0 Å². The molecule has 9 heteroatoms. The van der Waals surface area contributed by atoms with E-state index in [2.05, 4.69) is 10.6 Å². The molecule has 0 bridgehead atoms. The fraction of sp³-hybridized carbons (Fsp3) is 0.318. The maximum Gasteiger partial charge on any atom is 0.322 e. The van der Waals surface area contributed by atoms with Gasteiger partial charge in [-0.1, -0.05) is 12.1 Å². The first-order valence-corrected chi connectivity index (χ1v) is 9.84. The molecule has 0 aliphatic carbocycles. The first-order chi connectivity index (χ1) is 14.7. The van der Waals surface area contributed by atoms with Crippen molar-refractivity contribution in [2.75, 3.05) is 13.1 Å². The standard InChI is InChI=1S/C22H21F2N3O4/c1-22(6-7-27(20(22)29)11-18-19(28)26-21(30)25-18)14-2-4-17(5-3-14)31-12-13-8-15(23)10-16(24)9-13/h2-5,8-10,18H,6-7,11-12H2,1H3,(H2,25,26,28,30). The topological polar surface area (TPSA) is 87.7 Å². The lowest BCUT2D eigenvalue weighted by molar-refractivity contribution is -0.132. The average Bonchev–Trinajstić information content (AvgIpc) is 3.19. The maximum atomic E-state index is 13.3. The molecule has 2 heterocycles. The molecule has 2 saturated heterocycles. The second-order valence-electron chi connectivity index (χ2n) is 7.94. The largest absolute Gasteiger partial charge is 0.489 e. The van der Waals surface area contributed by atoms with Crippen molar-refractivity contribution in [2.45, 2.75) is 31.4 Å². The predicted octanol–water partition coefficient (Wildman–Crippen LogP) is 2.24. The van der Waals surface area contributed by atoms with E-state index in [1.165, 1.54) is 12.1 Å². The Balaban J connectivity index is 1.40. The SMILES string of the molecule is CC1(c2ccc(OCc3cc(F)cc(F)c3)cc2)CCN(CC2NC(=O)NC2=O)C1=O. The Morgan fingerprint density at radius 1 is 1.10 bits per heavy atom. The van der Waals surface area contributed by atoms with Crippen LogP contribution in [0.1, 0.15) is 24.5 Å². The van der Waals surface area contributed by atoms with E-state index >= 15 is 0 Å². The Hall–Kier alpha value is -3.49. The lowest BCUT2D eigenvalue weighted by Crippen LogP contribution is -2.45. The van der Waals surface area contributed by atoms with E-state index in [9.17, 15) is 23.2 Å². The molecule has 0 spiro atoms. The Morgan fingerprint density at radius 3 is 2.39 bits per heavy atom. The van der Waals surface area contributed by atoms with Gasteiger partial charge in [-0.25, -0.2) is 13.6 Å². The van der Waals surface area contributed by atoms with Gasteiger partial charge in [-0.3, -0.25) is 14.9 Å². The van der Waals surface area contributed by atoms with Gasteiger partial charge in [0.25, 0.3) is 5.91 Å². The van der Waals surface area contributed by atoms with Crippen LogP contribution in [0.5, 0.6) is 5.75 Å². The molecule has 2 unspecified atom stereocenters. The molecule has 2 atom stereocenters. The molecule has 2 aliphatic heterocycles. The first-order valence-electron chi connectivity index (χ1n) is 9.84. The number of ether oxygens (including phenoxy) is 1. The lowest BCUT2D eigenvalue weighted by atomic mass is 9.81. The fourth-order valence-corrected chi connectivity index (χ4v) is 3.95. The lowest BCUT2D eigenvalue weighted by Gasteiger charge is -2.25. The van der Waals surface area contributed by atoms with E-state index in [0.717, 1.165) is 11.6 Å². The van der Waals surface area contributed by atoms with E-state index in [4.69, 9.17) is 4.74 Å². The molecule has 0 radical (unpaired) electrons. The number of amides is 4. The summed E-state index contributed by atoms with van der Waals surface area (Å²) in [5, 5.41) is 4.66. The number of carbonyl (C=O) groups is 3. The molecule has 2 fully saturated rings. The molecule has 0 saturated carbocycles. The zero-order valence-electron chi connectivity index (χ0n) is 16.8. The van der Waals surface area contributed by atoms with Crippen LogP contribution in [0, 0.1) is 11.6 Å². The summed E-state index contributed by atoms with van der Waals surface area (Å²) in [5.74, 6) is -1.39. The van der Waals surface area contributed by atoms with Gasteiger partial charge in [0.05, 0.1) is 5.41 Å². The first kappa shape index (κ1) is 20.8. The monoisotopic (exact) mass is 429 g/mol. The molecule has 4 rings (SSSR count). The van der Waals surface area contributed by atoms with Gasteiger partial charge in [-0.05, 0) is 48.7 Å². The maximum absolute atomic E-state index is 13.3. The number of hydrogen-bond acceptors (Lipinski definition) is 4. The summed E-state index contributed by atoms with van der Waals surface area (Å²) in [7, 11) is 0. The summed E-state index contributed by atoms with van der Waals surface area (Å²) >= 11 is 0. The number of nitrogens with one attached hydrogen (secondary N) is 2. The number of hydrogen-bond donors (Lipinski definition) is 2. The second-order valence-corrected chi connectivity index (χ2v) is 7.94. The van der Waals surface area contributed by atoms with E-state index in [1.54, 1.807) is 29.2 Å². The van der Waals surface area contributed by atoms with Gasteiger partial charge in [-0.15, -0.1) is 0 Å². The molecule has 162 valence electrons. The van der Waals surface area contributed by atoms with Crippen molar-refractivity contribution >= 4 is 17.8 Å². The van der Waals surface area contributed by atoms with Crippen LogP contribution in [0.15, 0.2) is 42.5 Å². The van der Waals surface area contributed by atoms with Gasteiger partial charge >= 0.3 is 6.03 Å². The molecular weight excluding hydrogens is 408 g/mol. The van der Waals surface area contributed by atoms with Gasteiger partial charge in [0.1, 0.15) is 30.0 Å². The van der Waals surface area contributed by atoms with Crippen LogP contribution in [0.4, 0.5) is 13.6 Å². The Kier molecular flexibility index (Phi) is 5.34. The fourth-order valence-electron chi connectivity index (χ4n) is 3.95. The summed E-state index contributed by atoms with van der Waals surface area (Å²) in [4.78, 5) is 37.7. The van der Waals surface area contributed by atoms with Crippen LogP contribution in [0.2, 0.25) is 0 Å². The highest BCUT2D eigenvalue weighted by Crippen LogP contribution is 2.36.